The minimum Gasteiger partial charge on any atom is -0.480 e. The molecule has 1 aliphatic rings. The van der Waals surface area contributed by atoms with Crippen molar-refractivity contribution in [2.75, 3.05) is 5.32 Å². The standard InChI is InChI=1S/C13H12FNOS/c1-8-13(12-3-2-6-17-12)16-11-7-9(14)4-5-10(11)15-8/h2-8,13,15H,1H3. The summed E-state index contributed by atoms with van der Waals surface area (Å²) in [5.41, 5.74) is 0.853. The molecule has 0 spiro atoms. The largest absolute Gasteiger partial charge is 0.480 e. The van der Waals surface area contributed by atoms with E-state index in [1.165, 1.54) is 12.1 Å². The fraction of sp³-hybridized carbons (Fsp3) is 0.231. The Balaban J connectivity index is 1.96. The Morgan fingerprint density at radius 3 is 3.00 bits per heavy atom. The smallest absolute Gasteiger partial charge is 0.153 e. The van der Waals surface area contributed by atoms with Gasteiger partial charge in [-0.15, -0.1) is 11.3 Å². The van der Waals surface area contributed by atoms with Crippen molar-refractivity contribution < 1.29 is 9.13 Å². The Morgan fingerprint density at radius 1 is 1.35 bits per heavy atom. The van der Waals surface area contributed by atoms with Crippen molar-refractivity contribution in [3.63, 3.8) is 0 Å². The summed E-state index contributed by atoms with van der Waals surface area (Å²) in [5, 5.41) is 5.36. The van der Waals surface area contributed by atoms with Gasteiger partial charge in [0.05, 0.1) is 11.7 Å². The van der Waals surface area contributed by atoms with Crippen molar-refractivity contribution in [1.82, 2.24) is 0 Å². The van der Waals surface area contributed by atoms with Crippen LogP contribution in [0.5, 0.6) is 5.75 Å². The van der Waals surface area contributed by atoms with Gasteiger partial charge in [-0.05, 0) is 30.5 Å². The van der Waals surface area contributed by atoms with Gasteiger partial charge in [0, 0.05) is 10.9 Å². The number of hydrogen-bond donors (Lipinski definition) is 1. The molecular weight excluding hydrogens is 237 g/mol. The molecule has 4 heteroatoms. The van der Waals surface area contributed by atoms with E-state index in [2.05, 4.69) is 12.2 Å². The minimum absolute atomic E-state index is 0.0516. The van der Waals surface area contributed by atoms with Crippen LogP contribution in [0, 0.1) is 5.82 Å². The van der Waals surface area contributed by atoms with Gasteiger partial charge in [0.25, 0.3) is 0 Å². The van der Waals surface area contributed by atoms with Crippen molar-refractivity contribution in [3.8, 4) is 5.75 Å². The van der Waals surface area contributed by atoms with Crippen LogP contribution in [0.3, 0.4) is 0 Å². The molecule has 1 aromatic heterocycles. The van der Waals surface area contributed by atoms with Crippen LogP contribution in [-0.4, -0.2) is 6.04 Å². The van der Waals surface area contributed by atoms with Crippen LogP contribution in [0.25, 0.3) is 0 Å². The second-order valence-electron chi connectivity index (χ2n) is 4.13. The van der Waals surface area contributed by atoms with Gasteiger partial charge in [-0.2, -0.15) is 0 Å². The van der Waals surface area contributed by atoms with Crippen LogP contribution in [0.15, 0.2) is 35.7 Å². The first kappa shape index (κ1) is 10.6. The Kier molecular flexibility index (Phi) is 2.52. The van der Waals surface area contributed by atoms with Crippen molar-refractivity contribution in [3.05, 3.63) is 46.4 Å². The van der Waals surface area contributed by atoms with Crippen molar-refractivity contribution >= 4 is 17.0 Å². The van der Waals surface area contributed by atoms with Crippen LogP contribution < -0.4 is 10.1 Å². The fourth-order valence-electron chi connectivity index (χ4n) is 2.03. The molecule has 88 valence electrons. The number of rotatable bonds is 1. The highest BCUT2D eigenvalue weighted by Gasteiger charge is 2.28. The number of benzene rings is 1. The Bertz CT molecular complexity index is 526. The second-order valence-corrected chi connectivity index (χ2v) is 5.11. The summed E-state index contributed by atoms with van der Waals surface area (Å²) in [6.07, 6.45) is -0.0516. The van der Waals surface area contributed by atoms with Gasteiger partial charge < -0.3 is 10.1 Å². The van der Waals surface area contributed by atoms with E-state index >= 15 is 0 Å². The molecule has 0 radical (unpaired) electrons. The van der Waals surface area contributed by atoms with Crippen LogP contribution in [0.2, 0.25) is 0 Å². The van der Waals surface area contributed by atoms with E-state index in [-0.39, 0.29) is 18.0 Å². The van der Waals surface area contributed by atoms with Crippen LogP contribution in [0.4, 0.5) is 10.1 Å². The van der Waals surface area contributed by atoms with Crippen molar-refractivity contribution in [1.29, 1.82) is 0 Å². The van der Waals surface area contributed by atoms with Crippen LogP contribution in [-0.2, 0) is 0 Å². The number of anilines is 1. The summed E-state index contributed by atoms with van der Waals surface area (Å²) in [6.45, 7) is 2.07. The maximum absolute atomic E-state index is 13.2. The third-order valence-corrected chi connectivity index (χ3v) is 3.79. The van der Waals surface area contributed by atoms with E-state index in [0.717, 1.165) is 10.6 Å². The average molecular weight is 249 g/mol. The first-order valence-electron chi connectivity index (χ1n) is 5.50. The molecule has 3 rings (SSSR count). The van der Waals surface area contributed by atoms with Gasteiger partial charge in [-0.25, -0.2) is 4.39 Å². The summed E-state index contributed by atoms with van der Waals surface area (Å²) < 4.78 is 19.0. The monoisotopic (exact) mass is 249 g/mol. The summed E-state index contributed by atoms with van der Waals surface area (Å²) in [7, 11) is 0. The summed E-state index contributed by atoms with van der Waals surface area (Å²) in [6, 6.07) is 8.79. The number of halogens is 1. The van der Waals surface area contributed by atoms with Crippen molar-refractivity contribution in [2.24, 2.45) is 0 Å². The molecule has 0 amide bonds. The maximum Gasteiger partial charge on any atom is 0.153 e. The first-order chi connectivity index (χ1) is 8.24. The predicted molar refractivity (Wildman–Crippen MR) is 67.2 cm³/mol. The number of fused-ring (bicyclic) bond motifs is 1. The predicted octanol–water partition coefficient (Wildman–Crippen LogP) is 3.82. The quantitative estimate of drug-likeness (QED) is 0.829. The highest BCUT2D eigenvalue weighted by Crippen LogP contribution is 2.38. The Morgan fingerprint density at radius 2 is 2.24 bits per heavy atom. The zero-order valence-electron chi connectivity index (χ0n) is 9.31. The second kappa shape index (κ2) is 4.04. The van der Waals surface area contributed by atoms with E-state index in [4.69, 9.17) is 4.74 Å². The molecule has 0 fully saturated rings. The molecule has 0 aliphatic carbocycles. The van der Waals surface area contributed by atoms with Gasteiger partial charge in [0.1, 0.15) is 11.6 Å². The van der Waals surface area contributed by atoms with Crippen molar-refractivity contribution in [2.45, 2.75) is 19.1 Å². The SMILES string of the molecule is CC1Nc2ccc(F)cc2OC1c1cccs1. The molecule has 0 bridgehead atoms. The highest BCUT2D eigenvalue weighted by atomic mass is 32.1. The number of thiophene rings is 1. The molecule has 1 aliphatic heterocycles. The van der Waals surface area contributed by atoms with Gasteiger partial charge in [0.15, 0.2) is 6.10 Å². The number of nitrogens with one attached hydrogen (secondary N) is 1. The van der Waals surface area contributed by atoms with Gasteiger partial charge >= 0.3 is 0 Å². The van der Waals surface area contributed by atoms with E-state index < -0.39 is 0 Å². The van der Waals surface area contributed by atoms with Crippen LogP contribution in [0.1, 0.15) is 17.9 Å². The molecule has 1 N–H and O–H groups in total. The molecular formula is C13H12FNOS. The topological polar surface area (TPSA) is 21.3 Å². The first-order valence-corrected chi connectivity index (χ1v) is 6.38. The van der Waals surface area contributed by atoms with E-state index in [9.17, 15) is 4.39 Å². The lowest BCUT2D eigenvalue weighted by Crippen LogP contribution is -2.32. The molecule has 2 atom stereocenters. The summed E-state index contributed by atoms with van der Waals surface area (Å²) in [4.78, 5) is 1.15. The molecule has 2 aromatic rings. The Labute approximate surface area is 103 Å². The lowest BCUT2D eigenvalue weighted by molar-refractivity contribution is 0.180. The van der Waals surface area contributed by atoms with E-state index in [1.54, 1.807) is 17.4 Å². The normalized spacial score (nSPS) is 22.5. The lowest BCUT2D eigenvalue weighted by atomic mass is 10.1. The molecule has 0 saturated carbocycles. The highest BCUT2D eigenvalue weighted by molar-refractivity contribution is 7.10. The average Bonchev–Trinajstić information content (AvgIpc) is 2.82. The molecule has 1 aromatic carbocycles. The number of ether oxygens (including phenoxy) is 1. The maximum atomic E-state index is 13.2. The van der Waals surface area contributed by atoms with Gasteiger partial charge in [0.2, 0.25) is 0 Å². The number of hydrogen-bond acceptors (Lipinski definition) is 3. The summed E-state index contributed by atoms with van der Waals surface area (Å²) in [5.74, 6) is 0.312. The zero-order valence-corrected chi connectivity index (χ0v) is 10.1. The molecule has 2 heterocycles. The Hall–Kier alpha value is -1.55. The molecule has 2 unspecified atom stereocenters. The van der Waals surface area contributed by atoms with Crippen LogP contribution >= 0.6 is 11.3 Å². The molecule has 0 saturated heterocycles. The van der Waals surface area contributed by atoms with Gasteiger partial charge in [-0.3, -0.25) is 0 Å². The van der Waals surface area contributed by atoms with Gasteiger partial charge in [-0.1, -0.05) is 6.07 Å². The summed E-state index contributed by atoms with van der Waals surface area (Å²) >= 11 is 1.65. The minimum atomic E-state index is -0.273. The molecule has 2 nitrogen and oxygen atoms in total. The van der Waals surface area contributed by atoms with E-state index in [1.807, 2.05) is 17.5 Å². The third-order valence-electron chi connectivity index (χ3n) is 2.86. The molecule has 17 heavy (non-hydrogen) atoms. The zero-order chi connectivity index (χ0) is 11.8. The lowest BCUT2D eigenvalue weighted by Gasteiger charge is -2.32. The third kappa shape index (κ3) is 1.89. The van der Waals surface area contributed by atoms with E-state index in [0.29, 0.717) is 5.75 Å². The fourth-order valence-corrected chi connectivity index (χ4v) is 2.89.